The molecule has 2 atom stereocenters. The van der Waals surface area contributed by atoms with Gasteiger partial charge in [0.1, 0.15) is 0 Å². The molecule has 1 aliphatic carbocycles. The molecule has 132 valence electrons. The van der Waals surface area contributed by atoms with Gasteiger partial charge < -0.3 is 10.4 Å². The fourth-order valence-corrected chi connectivity index (χ4v) is 4.05. The molecule has 1 aromatic carbocycles. The molecule has 2 unspecified atom stereocenters. The van der Waals surface area contributed by atoms with Crippen molar-refractivity contribution in [2.24, 2.45) is 5.92 Å². The van der Waals surface area contributed by atoms with Gasteiger partial charge in [0, 0.05) is 18.5 Å². The fourth-order valence-electron chi connectivity index (χ4n) is 4.05. The maximum atomic E-state index is 12.4. The van der Waals surface area contributed by atoms with Gasteiger partial charge >= 0.3 is 0 Å². The highest BCUT2D eigenvalue weighted by atomic mass is 16.3. The summed E-state index contributed by atoms with van der Waals surface area (Å²) < 4.78 is 0. The largest absolute Gasteiger partial charge is 0.391 e. The number of nitrogens with zero attached hydrogens (tertiary/aromatic N) is 1. The highest BCUT2D eigenvalue weighted by molar-refractivity contribution is 5.78. The maximum Gasteiger partial charge on any atom is 0.223 e. The average molecular weight is 330 g/mol. The number of hydrogen-bond donors (Lipinski definition) is 2. The van der Waals surface area contributed by atoms with E-state index < -0.39 is 0 Å². The third kappa shape index (κ3) is 4.37. The van der Waals surface area contributed by atoms with Crippen LogP contribution in [0.3, 0.4) is 0 Å². The summed E-state index contributed by atoms with van der Waals surface area (Å²) in [6.45, 7) is 4.55. The quantitative estimate of drug-likeness (QED) is 0.892. The van der Waals surface area contributed by atoms with E-state index in [0.29, 0.717) is 12.6 Å². The van der Waals surface area contributed by atoms with Gasteiger partial charge in [-0.1, -0.05) is 42.7 Å². The molecule has 24 heavy (non-hydrogen) atoms. The highest BCUT2D eigenvalue weighted by Crippen LogP contribution is 2.27. The maximum absolute atomic E-state index is 12.4. The number of carbonyl (C=O) groups is 1. The van der Waals surface area contributed by atoms with Crippen molar-refractivity contribution >= 4 is 5.91 Å². The molecule has 3 rings (SSSR count). The van der Waals surface area contributed by atoms with Crippen LogP contribution in [-0.2, 0) is 11.3 Å². The molecule has 0 spiro atoms. The molecule has 0 radical (unpaired) electrons. The van der Waals surface area contributed by atoms with Crippen molar-refractivity contribution in [3.8, 4) is 0 Å². The molecule has 2 fully saturated rings. The van der Waals surface area contributed by atoms with E-state index in [1.54, 1.807) is 0 Å². The summed E-state index contributed by atoms with van der Waals surface area (Å²) in [6.07, 6.45) is 6.04. The molecule has 0 bridgehead atoms. The van der Waals surface area contributed by atoms with Gasteiger partial charge in [0.2, 0.25) is 5.91 Å². The van der Waals surface area contributed by atoms with Crippen LogP contribution in [-0.4, -0.2) is 41.1 Å². The second-order valence-corrected chi connectivity index (χ2v) is 7.43. The normalized spacial score (nSPS) is 26.2. The number of nitrogens with one attached hydrogen (secondary N) is 1. The summed E-state index contributed by atoms with van der Waals surface area (Å²) in [7, 11) is 0. The Morgan fingerprint density at radius 2 is 1.79 bits per heavy atom. The van der Waals surface area contributed by atoms with Crippen molar-refractivity contribution in [2.75, 3.05) is 13.1 Å². The third-order valence-corrected chi connectivity index (χ3v) is 5.65. The minimum atomic E-state index is -0.175. The minimum Gasteiger partial charge on any atom is -0.391 e. The van der Waals surface area contributed by atoms with Crippen molar-refractivity contribution in [1.29, 1.82) is 0 Å². The number of aliphatic hydroxyl groups is 1. The van der Waals surface area contributed by atoms with Crippen LogP contribution in [0.4, 0.5) is 0 Å². The van der Waals surface area contributed by atoms with Crippen LogP contribution in [0.2, 0.25) is 0 Å². The Morgan fingerprint density at radius 1 is 1.12 bits per heavy atom. The number of hydrogen-bond acceptors (Lipinski definition) is 3. The number of aryl methyl sites for hydroxylation is 1. The summed E-state index contributed by atoms with van der Waals surface area (Å²) in [5, 5.41) is 13.3. The van der Waals surface area contributed by atoms with Crippen LogP contribution < -0.4 is 5.32 Å². The van der Waals surface area contributed by atoms with Crippen molar-refractivity contribution in [1.82, 2.24) is 10.2 Å². The first-order valence-electron chi connectivity index (χ1n) is 9.39. The monoisotopic (exact) mass is 330 g/mol. The Morgan fingerprint density at radius 3 is 2.46 bits per heavy atom. The Hall–Kier alpha value is -1.39. The smallest absolute Gasteiger partial charge is 0.223 e. The molecule has 2 aliphatic rings. The second kappa shape index (κ2) is 8.13. The average Bonchev–Trinajstić information content (AvgIpc) is 2.61. The van der Waals surface area contributed by atoms with Crippen LogP contribution in [0.1, 0.15) is 49.7 Å². The molecule has 4 heteroatoms. The van der Waals surface area contributed by atoms with E-state index >= 15 is 0 Å². The lowest BCUT2D eigenvalue weighted by Crippen LogP contribution is -2.50. The second-order valence-electron chi connectivity index (χ2n) is 7.43. The number of piperidine rings is 1. The minimum absolute atomic E-state index is 0.118. The third-order valence-electron chi connectivity index (χ3n) is 5.65. The molecule has 1 saturated carbocycles. The first-order valence-corrected chi connectivity index (χ1v) is 9.39. The van der Waals surface area contributed by atoms with Crippen LogP contribution in [0.5, 0.6) is 0 Å². The molecule has 1 aliphatic heterocycles. The number of aliphatic hydroxyl groups excluding tert-OH is 1. The zero-order valence-corrected chi connectivity index (χ0v) is 14.7. The van der Waals surface area contributed by atoms with Crippen LogP contribution >= 0.6 is 0 Å². The van der Waals surface area contributed by atoms with Gasteiger partial charge in [-0.15, -0.1) is 0 Å². The van der Waals surface area contributed by atoms with Crippen molar-refractivity contribution < 1.29 is 9.90 Å². The first kappa shape index (κ1) is 17.4. The first-order chi connectivity index (χ1) is 11.6. The summed E-state index contributed by atoms with van der Waals surface area (Å²) in [5.74, 6) is 0.298. The lowest BCUT2D eigenvalue weighted by atomic mass is 9.88. The van der Waals surface area contributed by atoms with Crippen molar-refractivity contribution in [2.45, 2.75) is 64.1 Å². The predicted octanol–water partition coefficient (Wildman–Crippen LogP) is 2.63. The highest BCUT2D eigenvalue weighted by Gasteiger charge is 2.33. The number of benzene rings is 1. The van der Waals surface area contributed by atoms with Gasteiger partial charge in [0.15, 0.2) is 0 Å². The lowest BCUT2D eigenvalue weighted by molar-refractivity contribution is -0.127. The fraction of sp³-hybridized carbons (Fsp3) is 0.650. The van der Waals surface area contributed by atoms with Crippen LogP contribution in [0.15, 0.2) is 24.3 Å². The van der Waals surface area contributed by atoms with E-state index in [1.165, 1.54) is 12.0 Å². The number of carbonyl (C=O) groups excluding carboxylic acids is 1. The zero-order chi connectivity index (χ0) is 16.9. The summed E-state index contributed by atoms with van der Waals surface area (Å²) >= 11 is 0. The van der Waals surface area contributed by atoms with Crippen LogP contribution in [0, 0.1) is 12.8 Å². The van der Waals surface area contributed by atoms with Gasteiger partial charge in [0.05, 0.1) is 6.10 Å². The molecule has 4 nitrogen and oxygen atoms in total. The van der Waals surface area contributed by atoms with Crippen LogP contribution in [0.25, 0.3) is 0 Å². The van der Waals surface area contributed by atoms with Gasteiger partial charge in [0.25, 0.3) is 0 Å². The number of amides is 1. The van der Waals surface area contributed by atoms with Gasteiger partial charge in [-0.25, -0.2) is 0 Å². The van der Waals surface area contributed by atoms with E-state index in [-0.39, 0.29) is 17.9 Å². The molecule has 1 heterocycles. The molecular weight excluding hydrogens is 300 g/mol. The number of likely N-dealkylation sites (tertiary alicyclic amines) is 1. The number of rotatable bonds is 4. The zero-order valence-electron chi connectivity index (χ0n) is 14.7. The Labute approximate surface area is 145 Å². The Kier molecular flexibility index (Phi) is 5.90. The SMILES string of the molecule is Cc1ccc(CNC(=O)C2CCN(C3CCCCC3O)CC2)cc1. The summed E-state index contributed by atoms with van der Waals surface area (Å²) in [4.78, 5) is 14.8. The Balaban J connectivity index is 1.44. The molecule has 1 amide bonds. The van der Waals surface area contributed by atoms with Gasteiger partial charge in [-0.2, -0.15) is 0 Å². The predicted molar refractivity (Wildman–Crippen MR) is 95.6 cm³/mol. The van der Waals surface area contributed by atoms with E-state index in [0.717, 1.165) is 50.8 Å². The molecule has 2 N–H and O–H groups in total. The van der Waals surface area contributed by atoms with Crippen molar-refractivity contribution in [3.63, 3.8) is 0 Å². The van der Waals surface area contributed by atoms with Gasteiger partial charge in [-0.05, 0) is 51.3 Å². The summed E-state index contributed by atoms with van der Waals surface area (Å²) in [5.41, 5.74) is 2.39. The van der Waals surface area contributed by atoms with Crippen molar-refractivity contribution in [3.05, 3.63) is 35.4 Å². The van der Waals surface area contributed by atoms with E-state index in [2.05, 4.69) is 41.4 Å². The molecular formula is C20H30N2O2. The molecule has 0 aromatic heterocycles. The molecule has 1 saturated heterocycles. The Bertz CT molecular complexity index is 535. The van der Waals surface area contributed by atoms with E-state index in [1.807, 2.05) is 0 Å². The standard InChI is InChI=1S/C20H30N2O2/c1-15-6-8-16(9-7-15)14-21-20(24)17-10-12-22(13-11-17)18-4-2-3-5-19(18)23/h6-9,17-19,23H,2-5,10-14H2,1H3,(H,21,24). The summed E-state index contributed by atoms with van der Waals surface area (Å²) in [6, 6.07) is 8.62. The van der Waals surface area contributed by atoms with E-state index in [4.69, 9.17) is 0 Å². The lowest BCUT2D eigenvalue weighted by Gasteiger charge is -2.41. The molecule has 1 aromatic rings. The van der Waals surface area contributed by atoms with E-state index in [9.17, 15) is 9.90 Å². The topological polar surface area (TPSA) is 52.6 Å². The van der Waals surface area contributed by atoms with Gasteiger partial charge in [-0.3, -0.25) is 9.69 Å².